The number of nitriles is 1. The molecule has 0 aliphatic heterocycles. The lowest BCUT2D eigenvalue weighted by Gasteiger charge is -2.14. The second-order valence-electron chi connectivity index (χ2n) is 5.64. The number of hydrogen-bond donors (Lipinski definition) is 2. The van der Waals surface area contributed by atoms with E-state index in [-0.39, 0.29) is 11.3 Å². The molecule has 0 bridgehead atoms. The highest BCUT2D eigenvalue weighted by Crippen LogP contribution is 2.21. The lowest BCUT2D eigenvalue weighted by Crippen LogP contribution is -2.09. The van der Waals surface area contributed by atoms with Gasteiger partial charge >= 0.3 is 0 Å². The molecule has 1 amide bonds. The summed E-state index contributed by atoms with van der Waals surface area (Å²) < 4.78 is 0. The molecular weight excluding hydrogens is 250 g/mol. The number of carbonyl (C=O) groups is 1. The first kappa shape index (κ1) is 16.0. The van der Waals surface area contributed by atoms with Gasteiger partial charge in [-0.1, -0.05) is 12.5 Å². The number of hydrogen-bond acceptors (Lipinski definition) is 3. The third kappa shape index (κ3) is 6.24. The first-order valence-corrected chi connectivity index (χ1v) is 6.96. The quantitative estimate of drug-likeness (QED) is 0.743. The van der Waals surface area contributed by atoms with E-state index in [1.165, 1.54) is 6.92 Å². The smallest absolute Gasteiger partial charge is 0.221 e. The van der Waals surface area contributed by atoms with E-state index in [2.05, 4.69) is 16.7 Å². The van der Waals surface area contributed by atoms with Crippen LogP contribution in [0.5, 0.6) is 0 Å². The molecular formula is C16H23N3O. The van der Waals surface area contributed by atoms with Crippen molar-refractivity contribution in [1.29, 1.82) is 5.26 Å². The van der Waals surface area contributed by atoms with Crippen LogP contribution < -0.4 is 10.6 Å². The molecule has 1 rings (SSSR count). The van der Waals surface area contributed by atoms with Crippen LogP contribution >= 0.6 is 0 Å². The zero-order chi connectivity index (χ0) is 15.0. The van der Waals surface area contributed by atoms with E-state index in [1.807, 2.05) is 38.1 Å². The summed E-state index contributed by atoms with van der Waals surface area (Å²) in [4.78, 5) is 11.0. The molecule has 0 heterocycles. The molecule has 2 N–H and O–H groups in total. The van der Waals surface area contributed by atoms with Crippen LogP contribution in [0.15, 0.2) is 24.3 Å². The van der Waals surface area contributed by atoms with Gasteiger partial charge in [-0.25, -0.2) is 0 Å². The molecule has 0 aromatic heterocycles. The Kier molecular flexibility index (Phi) is 6.05. The molecule has 4 heteroatoms. The van der Waals surface area contributed by atoms with Crippen molar-refractivity contribution in [2.24, 2.45) is 5.41 Å². The molecule has 0 saturated carbocycles. The van der Waals surface area contributed by atoms with Crippen molar-refractivity contribution < 1.29 is 4.79 Å². The van der Waals surface area contributed by atoms with E-state index in [1.54, 1.807) is 0 Å². The second kappa shape index (κ2) is 7.54. The number of anilines is 2. The highest BCUT2D eigenvalue weighted by atomic mass is 16.1. The van der Waals surface area contributed by atoms with E-state index in [9.17, 15) is 4.79 Å². The molecule has 0 spiro atoms. The Labute approximate surface area is 121 Å². The normalized spacial score (nSPS) is 10.7. The Hall–Kier alpha value is -2.02. The number of benzene rings is 1. The monoisotopic (exact) mass is 273 g/mol. The van der Waals surface area contributed by atoms with Crippen LogP contribution in [0.2, 0.25) is 0 Å². The van der Waals surface area contributed by atoms with Crippen LogP contribution in [0.1, 0.15) is 40.0 Å². The van der Waals surface area contributed by atoms with Gasteiger partial charge in [0.15, 0.2) is 0 Å². The van der Waals surface area contributed by atoms with Gasteiger partial charge in [-0.05, 0) is 44.9 Å². The average Bonchev–Trinajstić information content (AvgIpc) is 2.38. The van der Waals surface area contributed by atoms with Crippen LogP contribution in [0.25, 0.3) is 0 Å². The minimum atomic E-state index is -0.231. The van der Waals surface area contributed by atoms with Gasteiger partial charge < -0.3 is 10.6 Å². The maximum absolute atomic E-state index is 11.0. The van der Waals surface area contributed by atoms with Crippen LogP contribution in [0.4, 0.5) is 11.4 Å². The van der Waals surface area contributed by atoms with Crippen LogP contribution in [0.3, 0.4) is 0 Å². The largest absolute Gasteiger partial charge is 0.385 e. The van der Waals surface area contributed by atoms with Gasteiger partial charge in [0.2, 0.25) is 5.91 Å². The van der Waals surface area contributed by atoms with Gasteiger partial charge in [0.25, 0.3) is 0 Å². The fraction of sp³-hybridized carbons (Fsp3) is 0.500. The van der Waals surface area contributed by atoms with Crippen LogP contribution in [-0.4, -0.2) is 12.5 Å². The summed E-state index contributed by atoms with van der Waals surface area (Å²) in [7, 11) is 0. The zero-order valence-electron chi connectivity index (χ0n) is 12.5. The summed E-state index contributed by atoms with van der Waals surface area (Å²) in [6.45, 7) is 6.30. The minimum absolute atomic E-state index is 0.0686. The van der Waals surface area contributed by atoms with Crippen molar-refractivity contribution >= 4 is 17.3 Å². The molecule has 0 aliphatic rings. The third-order valence-corrected chi connectivity index (χ3v) is 3.04. The van der Waals surface area contributed by atoms with E-state index in [0.29, 0.717) is 0 Å². The Morgan fingerprint density at radius 3 is 2.65 bits per heavy atom. The number of amides is 1. The van der Waals surface area contributed by atoms with E-state index in [4.69, 9.17) is 5.26 Å². The van der Waals surface area contributed by atoms with Crippen molar-refractivity contribution in [3.8, 4) is 6.07 Å². The average molecular weight is 273 g/mol. The molecule has 108 valence electrons. The van der Waals surface area contributed by atoms with E-state index >= 15 is 0 Å². The second-order valence-corrected chi connectivity index (χ2v) is 5.64. The Morgan fingerprint density at radius 2 is 2.00 bits per heavy atom. The molecule has 0 saturated heterocycles. The lowest BCUT2D eigenvalue weighted by atomic mass is 9.89. The van der Waals surface area contributed by atoms with Crippen LogP contribution in [-0.2, 0) is 4.79 Å². The first-order chi connectivity index (χ1) is 9.43. The number of nitrogens with zero attached hydrogens (tertiary/aromatic N) is 1. The van der Waals surface area contributed by atoms with Crippen molar-refractivity contribution in [2.45, 2.75) is 40.0 Å². The molecule has 20 heavy (non-hydrogen) atoms. The van der Waals surface area contributed by atoms with Gasteiger partial charge in [0, 0.05) is 24.8 Å². The van der Waals surface area contributed by atoms with E-state index < -0.39 is 0 Å². The fourth-order valence-electron chi connectivity index (χ4n) is 1.89. The Morgan fingerprint density at radius 1 is 1.30 bits per heavy atom. The van der Waals surface area contributed by atoms with Gasteiger partial charge in [0.05, 0.1) is 11.5 Å². The molecule has 1 aromatic rings. The highest BCUT2D eigenvalue weighted by molar-refractivity contribution is 5.89. The standard InChI is InChI=1S/C16H23N3O/c1-13(20)19-15-8-6-7-14(11-15)18-10-5-4-9-16(2,3)12-17/h6-8,11,18H,4-5,9-10H2,1-3H3,(H,19,20). The van der Waals surface area contributed by atoms with Crippen LogP contribution in [0, 0.1) is 16.7 Å². The maximum Gasteiger partial charge on any atom is 0.221 e. The number of carbonyl (C=O) groups excluding carboxylic acids is 1. The van der Waals surface area contributed by atoms with Crippen molar-refractivity contribution in [3.63, 3.8) is 0 Å². The minimum Gasteiger partial charge on any atom is -0.385 e. The maximum atomic E-state index is 11.0. The molecule has 0 atom stereocenters. The predicted octanol–water partition coefficient (Wildman–Crippen LogP) is 3.78. The summed E-state index contributed by atoms with van der Waals surface area (Å²) in [6, 6.07) is 9.98. The number of unbranched alkanes of at least 4 members (excludes halogenated alkanes) is 1. The van der Waals surface area contributed by atoms with Crippen molar-refractivity contribution in [1.82, 2.24) is 0 Å². The first-order valence-electron chi connectivity index (χ1n) is 6.96. The number of rotatable bonds is 7. The molecule has 0 unspecified atom stereocenters. The van der Waals surface area contributed by atoms with Gasteiger partial charge in [-0.15, -0.1) is 0 Å². The van der Waals surface area contributed by atoms with Crippen molar-refractivity contribution in [2.75, 3.05) is 17.2 Å². The summed E-state index contributed by atoms with van der Waals surface area (Å²) >= 11 is 0. The summed E-state index contributed by atoms with van der Waals surface area (Å²) in [6.07, 6.45) is 2.96. The van der Waals surface area contributed by atoms with Gasteiger partial charge in [-0.2, -0.15) is 5.26 Å². The third-order valence-electron chi connectivity index (χ3n) is 3.04. The lowest BCUT2D eigenvalue weighted by molar-refractivity contribution is -0.114. The molecule has 1 aromatic carbocycles. The topological polar surface area (TPSA) is 64.9 Å². The molecule has 4 nitrogen and oxygen atoms in total. The van der Waals surface area contributed by atoms with Gasteiger partial charge in [0.1, 0.15) is 0 Å². The van der Waals surface area contributed by atoms with Crippen molar-refractivity contribution in [3.05, 3.63) is 24.3 Å². The highest BCUT2D eigenvalue weighted by Gasteiger charge is 2.15. The molecule has 0 radical (unpaired) electrons. The fourth-order valence-corrected chi connectivity index (χ4v) is 1.89. The Bertz CT molecular complexity index is 489. The SMILES string of the molecule is CC(=O)Nc1cccc(NCCCCC(C)(C)C#N)c1. The predicted molar refractivity (Wildman–Crippen MR) is 82.5 cm³/mol. The summed E-state index contributed by atoms with van der Waals surface area (Å²) in [5.41, 5.74) is 1.56. The van der Waals surface area contributed by atoms with E-state index in [0.717, 1.165) is 37.2 Å². The summed E-state index contributed by atoms with van der Waals surface area (Å²) in [5.74, 6) is -0.0686. The molecule has 0 fully saturated rings. The summed E-state index contributed by atoms with van der Waals surface area (Å²) in [5, 5.41) is 15.0. The van der Waals surface area contributed by atoms with Gasteiger partial charge in [-0.3, -0.25) is 4.79 Å². The zero-order valence-corrected chi connectivity index (χ0v) is 12.5. The number of nitrogens with one attached hydrogen (secondary N) is 2. The molecule has 0 aliphatic carbocycles. The Balaban J connectivity index is 2.32.